The van der Waals surface area contributed by atoms with Gasteiger partial charge in [-0.15, -0.1) is 0 Å². The molecule has 1 fully saturated rings. The number of hydrogen-bond acceptors (Lipinski definition) is 5. The molecule has 5 heteroatoms. The molecule has 1 heterocycles. The molecule has 1 saturated heterocycles. The smallest absolute Gasteiger partial charge is 0.136 e. The third kappa shape index (κ3) is 8.22. The van der Waals surface area contributed by atoms with E-state index in [1.807, 2.05) is 6.07 Å². The standard InChI is InChI=1S/C24H40O4S/c1-5-8-16-25-21-19(4)28-24(29-20-14-12-11-13-15-20)23(27-18-10-7-3)22(21)26-17-9-6-2/h11-15,19,21-24H,5-10,16-18H2,1-4H3/t19?,21-,22?,23+,24-/m1/s1. The summed E-state index contributed by atoms with van der Waals surface area (Å²) in [7, 11) is 0. The van der Waals surface area contributed by atoms with Crippen LogP contribution in [0.25, 0.3) is 0 Å². The average molecular weight is 425 g/mol. The van der Waals surface area contributed by atoms with E-state index >= 15 is 0 Å². The summed E-state index contributed by atoms with van der Waals surface area (Å²) in [6.07, 6.45) is 6.08. The lowest BCUT2D eigenvalue weighted by Crippen LogP contribution is -2.58. The van der Waals surface area contributed by atoms with E-state index < -0.39 is 0 Å². The fourth-order valence-electron chi connectivity index (χ4n) is 3.39. The largest absolute Gasteiger partial charge is 0.373 e. The second-order valence-corrected chi connectivity index (χ2v) is 8.88. The minimum atomic E-state index is -0.147. The van der Waals surface area contributed by atoms with Crippen molar-refractivity contribution in [1.29, 1.82) is 0 Å². The Bertz CT molecular complexity index is 527. The topological polar surface area (TPSA) is 36.9 Å². The van der Waals surface area contributed by atoms with Gasteiger partial charge in [0, 0.05) is 24.7 Å². The van der Waals surface area contributed by atoms with E-state index in [0.29, 0.717) is 0 Å². The molecular weight excluding hydrogens is 384 g/mol. The number of unbranched alkanes of at least 4 members (excludes halogenated alkanes) is 3. The zero-order chi connectivity index (χ0) is 20.9. The first-order chi connectivity index (χ1) is 14.2. The Morgan fingerprint density at radius 2 is 1.28 bits per heavy atom. The zero-order valence-electron chi connectivity index (χ0n) is 18.7. The summed E-state index contributed by atoms with van der Waals surface area (Å²) >= 11 is 1.73. The maximum absolute atomic E-state index is 6.45. The molecule has 1 aliphatic rings. The molecule has 0 aromatic heterocycles. The zero-order valence-corrected chi connectivity index (χ0v) is 19.5. The van der Waals surface area contributed by atoms with E-state index in [0.717, 1.165) is 58.3 Å². The van der Waals surface area contributed by atoms with Crippen LogP contribution in [0.1, 0.15) is 66.2 Å². The number of rotatable bonds is 14. The van der Waals surface area contributed by atoms with Crippen molar-refractivity contribution in [3.63, 3.8) is 0 Å². The molecule has 2 unspecified atom stereocenters. The highest BCUT2D eigenvalue weighted by Crippen LogP contribution is 2.37. The van der Waals surface area contributed by atoms with Crippen LogP contribution in [0.3, 0.4) is 0 Å². The first-order valence-electron chi connectivity index (χ1n) is 11.4. The van der Waals surface area contributed by atoms with Crippen LogP contribution in [0.15, 0.2) is 35.2 Å². The summed E-state index contributed by atoms with van der Waals surface area (Å²) < 4.78 is 25.5. The third-order valence-electron chi connectivity index (χ3n) is 5.15. The van der Waals surface area contributed by atoms with Crippen LogP contribution in [0.2, 0.25) is 0 Å². The monoisotopic (exact) mass is 424 g/mol. The molecule has 0 saturated carbocycles. The van der Waals surface area contributed by atoms with Crippen molar-refractivity contribution in [3.8, 4) is 0 Å². The average Bonchev–Trinajstić information content (AvgIpc) is 2.73. The first kappa shape index (κ1) is 24.7. The summed E-state index contributed by atoms with van der Waals surface area (Å²) in [6, 6.07) is 10.4. The number of hydrogen-bond donors (Lipinski definition) is 0. The molecule has 0 radical (unpaired) electrons. The molecule has 1 aliphatic heterocycles. The van der Waals surface area contributed by atoms with Crippen molar-refractivity contribution in [2.24, 2.45) is 0 Å². The van der Waals surface area contributed by atoms with Gasteiger partial charge in [0.05, 0.1) is 6.10 Å². The molecule has 0 spiro atoms. The molecule has 0 bridgehead atoms. The van der Waals surface area contributed by atoms with Crippen LogP contribution in [0.4, 0.5) is 0 Å². The van der Waals surface area contributed by atoms with Gasteiger partial charge in [-0.2, -0.15) is 0 Å². The second-order valence-electron chi connectivity index (χ2n) is 7.71. The van der Waals surface area contributed by atoms with Gasteiger partial charge in [-0.05, 0) is 38.3 Å². The Morgan fingerprint density at radius 3 is 1.83 bits per heavy atom. The van der Waals surface area contributed by atoms with Gasteiger partial charge in [-0.25, -0.2) is 0 Å². The lowest BCUT2D eigenvalue weighted by molar-refractivity contribution is -0.235. The van der Waals surface area contributed by atoms with E-state index in [-0.39, 0.29) is 29.9 Å². The van der Waals surface area contributed by atoms with Crippen LogP contribution < -0.4 is 0 Å². The van der Waals surface area contributed by atoms with Gasteiger partial charge in [-0.1, -0.05) is 70.0 Å². The SMILES string of the molecule is CCCCOC1[C@H](OCCCC)C(C)O[C@H](Sc2ccccc2)[C@H]1OCCCC. The van der Waals surface area contributed by atoms with E-state index in [9.17, 15) is 0 Å². The van der Waals surface area contributed by atoms with Crippen molar-refractivity contribution < 1.29 is 18.9 Å². The van der Waals surface area contributed by atoms with E-state index in [2.05, 4.69) is 52.0 Å². The molecule has 2 rings (SSSR count). The predicted molar refractivity (Wildman–Crippen MR) is 121 cm³/mol. The van der Waals surface area contributed by atoms with E-state index in [4.69, 9.17) is 18.9 Å². The Labute approximate surface area is 182 Å². The molecule has 0 amide bonds. The summed E-state index contributed by atoms with van der Waals surface area (Å²) in [5.74, 6) is 0. The van der Waals surface area contributed by atoms with Gasteiger partial charge in [0.2, 0.25) is 0 Å². The van der Waals surface area contributed by atoms with Crippen LogP contribution in [0.5, 0.6) is 0 Å². The Balaban J connectivity index is 2.18. The number of thioether (sulfide) groups is 1. The highest BCUT2D eigenvalue weighted by molar-refractivity contribution is 7.99. The molecule has 1 aromatic carbocycles. The fourth-order valence-corrected chi connectivity index (χ4v) is 4.57. The molecule has 1 aromatic rings. The van der Waals surface area contributed by atoms with Gasteiger partial charge in [0.25, 0.3) is 0 Å². The van der Waals surface area contributed by atoms with E-state index in [1.54, 1.807) is 11.8 Å². The molecule has 4 nitrogen and oxygen atoms in total. The summed E-state index contributed by atoms with van der Waals surface area (Å²) in [5.41, 5.74) is -0.109. The third-order valence-corrected chi connectivity index (χ3v) is 6.30. The van der Waals surface area contributed by atoms with Crippen LogP contribution in [0, 0.1) is 0 Å². The molecule has 0 aliphatic carbocycles. The van der Waals surface area contributed by atoms with Gasteiger partial charge in [0.1, 0.15) is 23.7 Å². The van der Waals surface area contributed by atoms with Crippen LogP contribution in [-0.2, 0) is 18.9 Å². The number of ether oxygens (including phenoxy) is 4. The number of benzene rings is 1. The van der Waals surface area contributed by atoms with Gasteiger partial charge < -0.3 is 18.9 Å². The minimum absolute atomic E-state index is 0.0364. The Hall–Kier alpha value is -0.590. The predicted octanol–water partition coefficient (Wildman–Crippen LogP) is 6.08. The fraction of sp³-hybridized carbons (Fsp3) is 0.750. The summed E-state index contributed by atoms with van der Waals surface area (Å²) in [4.78, 5) is 1.19. The van der Waals surface area contributed by atoms with E-state index in [1.165, 1.54) is 4.90 Å². The second kappa shape index (κ2) is 14.4. The van der Waals surface area contributed by atoms with Crippen molar-refractivity contribution in [1.82, 2.24) is 0 Å². The van der Waals surface area contributed by atoms with Crippen molar-refractivity contribution in [2.75, 3.05) is 19.8 Å². The minimum Gasteiger partial charge on any atom is -0.373 e. The molecule has 5 atom stereocenters. The highest BCUT2D eigenvalue weighted by atomic mass is 32.2. The molecule has 0 N–H and O–H groups in total. The maximum atomic E-state index is 6.45. The van der Waals surface area contributed by atoms with Gasteiger partial charge in [-0.3, -0.25) is 0 Å². The van der Waals surface area contributed by atoms with Crippen LogP contribution >= 0.6 is 11.8 Å². The molecule has 29 heavy (non-hydrogen) atoms. The normalized spacial score (nSPS) is 27.2. The quantitative estimate of drug-likeness (QED) is 0.338. The van der Waals surface area contributed by atoms with Crippen molar-refractivity contribution in [2.45, 2.75) is 101 Å². The van der Waals surface area contributed by atoms with Gasteiger partial charge in [0.15, 0.2) is 0 Å². The summed E-state index contributed by atoms with van der Waals surface area (Å²) in [6.45, 7) is 10.9. The first-order valence-corrected chi connectivity index (χ1v) is 12.3. The highest BCUT2D eigenvalue weighted by Gasteiger charge is 2.46. The Kier molecular flexibility index (Phi) is 12.3. The lowest BCUT2D eigenvalue weighted by atomic mass is 10.00. The van der Waals surface area contributed by atoms with Crippen molar-refractivity contribution >= 4 is 11.8 Å². The lowest BCUT2D eigenvalue weighted by Gasteiger charge is -2.45. The summed E-state index contributed by atoms with van der Waals surface area (Å²) in [5, 5.41) is 0. The molecule has 166 valence electrons. The maximum Gasteiger partial charge on any atom is 0.136 e. The molecular formula is C24H40O4S. The van der Waals surface area contributed by atoms with Crippen LogP contribution in [-0.4, -0.2) is 49.7 Å². The van der Waals surface area contributed by atoms with Crippen molar-refractivity contribution in [3.05, 3.63) is 30.3 Å². The Morgan fingerprint density at radius 1 is 0.759 bits per heavy atom. The van der Waals surface area contributed by atoms with Gasteiger partial charge >= 0.3 is 0 Å².